The molecule has 4 aromatic rings. The minimum Gasteiger partial charge on any atom is -0.347 e. The summed E-state index contributed by atoms with van der Waals surface area (Å²) in [6.07, 6.45) is 4.17. The summed E-state index contributed by atoms with van der Waals surface area (Å²) < 4.78 is 29.8. The number of aromatic nitrogens is 1. The number of carbonyl (C=O) groups is 5. The number of carbonyl (C=O) groups excluding carboxylic acids is 5. The Balaban J connectivity index is 0.984. The van der Waals surface area contributed by atoms with E-state index in [0.717, 1.165) is 51.3 Å². The number of imide groups is 1. The molecule has 0 bridgehead atoms. The van der Waals surface area contributed by atoms with Gasteiger partial charge in [-0.05, 0) is 89.4 Å². The van der Waals surface area contributed by atoms with E-state index in [0.29, 0.717) is 36.2 Å². The highest BCUT2D eigenvalue weighted by Crippen LogP contribution is 2.45. The van der Waals surface area contributed by atoms with Crippen LogP contribution in [-0.2, 0) is 29.1 Å². The zero-order valence-electron chi connectivity index (χ0n) is 33.4. The van der Waals surface area contributed by atoms with Crippen LogP contribution in [0.15, 0.2) is 66.9 Å². The van der Waals surface area contributed by atoms with Gasteiger partial charge in [-0.15, -0.1) is 0 Å². The van der Waals surface area contributed by atoms with Crippen LogP contribution in [0.1, 0.15) is 99.7 Å². The molecule has 4 aliphatic heterocycles. The Labute approximate surface area is 340 Å². The van der Waals surface area contributed by atoms with Crippen molar-refractivity contribution in [2.24, 2.45) is 0 Å². The molecule has 0 aliphatic carbocycles. The summed E-state index contributed by atoms with van der Waals surface area (Å²) in [7, 11) is 3.52. The Morgan fingerprint density at radius 2 is 1.75 bits per heavy atom. The van der Waals surface area contributed by atoms with Crippen molar-refractivity contribution < 1.29 is 32.8 Å². The first-order valence-corrected chi connectivity index (χ1v) is 19.9. The van der Waals surface area contributed by atoms with Crippen LogP contribution in [0.5, 0.6) is 0 Å². The fourth-order valence-corrected chi connectivity index (χ4v) is 8.57. The number of benzene rings is 3. The number of hydrogen-bond acceptors (Lipinski definition) is 7. The van der Waals surface area contributed by atoms with Gasteiger partial charge < -0.3 is 20.0 Å². The summed E-state index contributed by atoms with van der Waals surface area (Å²) in [5.74, 6) is -1.35. The lowest BCUT2D eigenvalue weighted by molar-refractivity contribution is -0.136. The predicted octanol–water partition coefficient (Wildman–Crippen LogP) is 7.10. The van der Waals surface area contributed by atoms with Crippen LogP contribution in [-0.4, -0.2) is 77.7 Å². The molecule has 4 aliphatic rings. The van der Waals surface area contributed by atoms with Gasteiger partial charge in [-0.2, -0.15) is 0 Å². The van der Waals surface area contributed by atoms with E-state index in [1.54, 1.807) is 60.3 Å². The zero-order chi connectivity index (χ0) is 41.7. The number of anilines is 3. The minimum absolute atomic E-state index is 0.102. The smallest absolute Gasteiger partial charge is 0.324 e. The quantitative estimate of drug-likeness (QED) is 0.173. The highest BCUT2D eigenvalue weighted by molar-refractivity contribution is 6.06. The molecule has 3 aromatic carbocycles. The zero-order valence-corrected chi connectivity index (χ0v) is 33.4. The van der Waals surface area contributed by atoms with Crippen molar-refractivity contribution in [3.63, 3.8) is 0 Å². The summed E-state index contributed by atoms with van der Waals surface area (Å²) in [6, 6.07) is 15.2. The molecule has 0 radical (unpaired) electrons. The first-order valence-electron chi connectivity index (χ1n) is 19.9. The monoisotopic (exact) mass is 801 g/mol. The average molecular weight is 802 g/mol. The van der Waals surface area contributed by atoms with Crippen LogP contribution in [0.4, 0.5) is 30.6 Å². The number of urea groups is 1. The second kappa shape index (κ2) is 15.7. The number of aryl methyl sites for hydroxylation is 1. The van der Waals surface area contributed by atoms with E-state index in [1.807, 2.05) is 12.1 Å². The SMILES string of the molecule is CC(C)c1cc2c(c(N3CCCc4cc(-c5ccc(C(=O)NC/C=C/c6cccc7c6CN(C6CCC(=O)NC6=O)C7=O)nc5)c(C(F)F)cc43)c1)CN(C)C(=O)N2C. The second-order valence-electron chi connectivity index (χ2n) is 15.8. The number of piperidine rings is 1. The Bertz CT molecular complexity index is 2430. The average Bonchev–Trinajstić information content (AvgIpc) is 3.56. The van der Waals surface area contributed by atoms with Gasteiger partial charge in [0, 0.05) is 80.0 Å². The maximum atomic E-state index is 14.9. The molecule has 14 heteroatoms. The normalized spacial score (nSPS) is 17.9. The number of halogens is 2. The van der Waals surface area contributed by atoms with Crippen LogP contribution in [0, 0.1) is 0 Å². The Morgan fingerprint density at radius 3 is 2.47 bits per heavy atom. The lowest BCUT2D eigenvalue weighted by Gasteiger charge is -2.39. The highest BCUT2D eigenvalue weighted by atomic mass is 19.3. The maximum Gasteiger partial charge on any atom is 0.324 e. The van der Waals surface area contributed by atoms with E-state index in [-0.39, 0.29) is 61.0 Å². The van der Waals surface area contributed by atoms with Crippen molar-refractivity contribution in [3.8, 4) is 11.1 Å². The van der Waals surface area contributed by atoms with Gasteiger partial charge >= 0.3 is 6.03 Å². The number of nitrogens with one attached hydrogen (secondary N) is 2. The molecule has 8 rings (SSSR count). The van der Waals surface area contributed by atoms with E-state index < -0.39 is 24.3 Å². The first-order chi connectivity index (χ1) is 28.3. The van der Waals surface area contributed by atoms with Crippen LogP contribution >= 0.6 is 0 Å². The third-order valence-corrected chi connectivity index (χ3v) is 11.8. The van der Waals surface area contributed by atoms with Crippen LogP contribution in [0.3, 0.4) is 0 Å². The molecule has 304 valence electrons. The van der Waals surface area contributed by atoms with Crippen LogP contribution in [0.2, 0.25) is 0 Å². The van der Waals surface area contributed by atoms with Gasteiger partial charge in [-0.1, -0.05) is 44.2 Å². The van der Waals surface area contributed by atoms with E-state index in [9.17, 15) is 32.8 Å². The molecule has 1 saturated heterocycles. The molecule has 1 atom stereocenters. The van der Waals surface area contributed by atoms with Crippen molar-refractivity contribution in [1.82, 2.24) is 25.4 Å². The van der Waals surface area contributed by atoms with E-state index in [4.69, 9.17) is 0 Å². The Hall–Kier alpha value is -6.44. The largest absolute Gasteiger partial charge is 0.347 e. The summed E-state index contributed by atoms with van der Waals surface area (Å²) in [4.78, 5) is 74.6. The molecular weight excluding hydrogens is 757 g/mol. The molecule has 2 N–H and O–H groups in total. The molecule has 0 saturated carbocycles. The summed E-state index contributed by atoms with van der Waals surface area (Å²) in [6.45, 7) is 5.62. The summed E-state index contributed by atoms with van der Waals surface area (Å²) in [5.41, 5.74) is 8.27. The van der Waals surface area contributed by atoms with Crippen molar-refractivity contribution in [2.75, 3.05) is 37.0 Å². The lowest BCUT2D eigenvalue weighted by Crippen LogP contribution is -2.52. The summed E-state index contributed by atoms with van der Waals surface area (Å²) >= 11 is 0. The van der Waals surface area contributed by atoms with Gasteiger partial charge in [0.1, 0.15) is 11.7 Å². The molecule has 5 heterocycles. The van der Waals surface area contributed by atoms with Crippen molar-refractivity contribution in [3.05, 3.63) is 112 Å². The fourth-order valence-electron chi connectivity index (χ4n) is 8.57. The van der Waals surface area contributed by atoms with Crippen molar-refractivity contribution in [1.29, 1.82) is 0 Å². The Morgan fingerprint density at radius 1 is 0.949 bits per heavy atom. The number of rotatable bonds is 9. The molecule has 0 spiro atoms. The molecule has 59 heavy (non-hydrogen) atoms. The highest BCUT2D eigenvalue weighted by Gasteiger charge is 2.40. The number of pyridine rings is 1. The first kappa shape index (κ1) is 39.4. The van der Waals surface area contributed by atoms with Gasteiger partial charge in [0.05, 0.1) is 12.2 Å². The maximum absolute atomic E-state index is 14.9. The molecule has 1 unspecified atom stereocenters. The molecule has 1 aromatic heterocycles. The van der Waals surface area contributed by atoms with Gasteiger partial charge in [0.2, 0.25) is 11.8 Å². The lowest BCUT2D eigenvalue weighted by atomic mass is 9.90. The number of alkyl halides is 2. The Kier molecular flexibility index (Phi) is 10.5. The van der Waals surface area contributed by atoms with Gasteiger partial charge in [-0.25, -0.2) is 13.6 Å². The molecule has 1 fully saturated rings. The van der Waals surface area contributed by atoms with Crippen molar-refractivity contribution in [2.45, 2.75) is 71.0 Å². The van der Waals surface area contributed by atoms with Gasteiger partial charge in [0.15, 0.2) is 0 Å². The summed E-state index contributed by atoms with van der Waals surface area (Å²) in [5, 5.41) is 5.12. The predicted molar refractivity (Wildman–Crippen MR) is 220 cm³/mol. The number of amides is 6. The van der Waals surface area contributed by atoms with E-state index >= 15 is 0 Å². The number of nitrogens with zero attached hydrogens (tertiary/aromatic N) is 5. The minimum atomic E-state index is -2.77. The van der Waals surface area contributed by atoms with E-state index in [2.05, 4.69) is 46.5 Å². The van der Waals surface area contributed by atoms with Gasteiger partial charge in [-0.3, -0.25) is 34.4 Å². The van der Waals surface area contributed by atoms with Crippen molar-refractivity contribution >= 4 is 52.8 Å². The van der Waals surface area contributed by atoms with Crippen LogP contribution in [0.25, 0.3) is 17.2 Å². The number of fused-ring (bicyclic) bond motifs is 3. The molecule has 12 nitrogen and oxygen atoms in total. The van der Waals surface area contributed by atoms with Gasteiger partial charge in [0.25, 0.3) is 18.2 Å². The second-order valence-corrected chi connectivity index (χ2v) is 15.8. The molecular formula is C45H45F2N7O5. The third-order valence-electron chi connectivity index (χ3n) is 11.8. The number of hydrogen-bond donors (Lipinski definition) is 2. The topological polar surface area (TPSA) is 135 Å². The van der Waals surface area contributed by atoms with Crippen LogP contribution < -0.4 is 20.4 Å². The molecule has 6 amide bonds. The third kappa shape index (κ3) is 7.32. The standard InChI is InChI=1S/C45H45F2N7O5/c1-25(2)29-19-38-34(23-51(3)45(59)52(38)4)39(20-29)53-17-7-10-27-18-31(32(41(46)47)21-37(27)53)28-12-13-35(49-22-28)42(56)48-16-6-9-26-8-5-11-30-33(26)24-54(44(30)58)36-14-15-40(55)50-43(36)57/h5-6,8-9,11-13,18-22,25,36,41H,7,10,14-17,23-24H2,1-4H3,(H,48,56)(H,50,55,57)/b9-6+. The van der Waals surface area contributed by atoms with E-state index in [1.165, 1.54) is 17.2 Å². The fraction of sp³-hybridized carbons (Fsp3) is 0.333.